The summed E-state index contributed by atoms with van der Waals surface area (Å²) in [6.45, 7) is 3.54. The molecular formula is C20H30N4O3. The second kappa shape index (κ2) is 8.78. The van der Waals surface area contributed by atoms with Crippen LogP contribution >= 0.6 is 0 Å². The topological polar surface area (TPSA) is 75.6 Å². The highest BCUT2D eigenvalue weighted by molar-refractivity contribution is 5.95. The van der Waals surface area contributed by atoms with Crippen LogP contribution in [-0.4, -0.2) is 54.0 Å². The van der Waals surface area contributed by atoms with E-state index in [9.17, 15) is 9.59 Å². The SMILES string of the molecule is COCCCN1C(=O)CCc2c(C)nc(CN(C)C(=O)C3CCCC3)nc21. The lowest BCUT2D eigenvalue weighted by atomic mass is 10.0. The van der Waals surface area contributed by atoms with Gasteiger partial charge in [0.15, 0.2) is 0 Å². The van der Waals surface area contributed by atoms with Gasteiger partial charge in [0, 0.05) is 50.9 Å². The quantitative estimate of drug-likeness (QED) is 0.684. The van der Waals surface area contributed by atoms with Gasteiger partial charge in [0.25, 0.3) is 0 Å². The standard InChI is InChI=1S/C20H30N4O3/c1-14-16-9-10-18(25)24(11-6-12-27-3)19(16)22-17(21-14)13-23(2)20(26)15-7-4-5-8-15/h15H,4-13H2,1-3H3. The third-order valence-corrected chi connectivity index (χ3v) is 5.57. The number of carbonyl (C=O) groups excluding carboxylic acids is 2. The van der Waals surface area contributed by atoms with Gasteiger partial charge in [-0.1, -0.05) is 12.8 Å². The number of aryl methyl sites for hydroxylation is 1. The molecule has 1 aromatic rings. The summed E-state index contributed by atoms with van der Waals surface area (Å²) in [5.74, 6) is 1.73. The summed E-state index contributed by atoms with van der Waals surface area (Å²) in [4.78, 5) is 37.9. The lowest BCUT2D eigenvalue weighted by molar-refractivity contribution is -0.134. The number of fused-ring (bicyclic) bond motifs is 1. The second-order valence-corrected chi connectivity index (χ2v) is 7.59. The lowest BCUT2D eigenvalue weighted by Crippen LogP contribution is -2.38. The van der Waals surface area contributed by atoms with Crippen LogP contribution in [0.4, 0.5) is 5.82 Å². The number of anilines is 1. The summed E-state index contributed by atoms with van der Waals surface area (Å²) in [6, 6.07) is 0. The van der Waals surface area contributed by atoms with Gasteiger partial charge in [-0.2, -0.15) is 0 Å². The Morgan fingerprint density at radius 1 is 1.26 bits per heavy atom. The van der Waals surface area contributed by atoms with Crippen LogP contribution in [0.15, 0.2) is 0 Å². The van der Waals surface area contributed by atoms with Gasteiger partial charge in [0.2, 0.25) is 11.8 Å². The molecule has 0 radical (unpaired) electrons. The van der Waals surface area contributed by atoms with Gasteiger partial charge < -0.3 is 9.64 Å². The highest BCUT2D eigenvalue weighted by Crippen LogP contribution is 2.29. The maximum absolute atomic E-state index is 12.6. The lowest BCUT2D eigenvalue weighted by Gasteiger charge is -2.30. The van der Waals surface area contributed by atoms with Crippen LogP contribution < -0.4 is 4.90 Å². The van der Waals surface area contributed by atoms with E-state index in [4.69, 9.17) is 9.72 Å². The predicted molar refractivity (Wildman–Crippen MR) is 102 cm³/mol. The molecule has 1 aliphatic carbocycles. The van der Waals surface area contributed by atoms with Crippen molar-refractivity contribution in [3.63, 3.8) is 0 Å². The fourth-order valence-electron chi connectivity index (χ4n) is 4.08. The summed E-state index contributed by atoms with van der Waals surface area (Å²) in [5.41, 5.74) is 1.95. The average Bonchev–Trinajstić information content (AvgIpc) is 3.17. The number of hydrogen-bond acceptors (Lipinski definition) is 5. The molecule has 0 spiro atoms. The molecule has 2 heterocycles. The number of rotatable bonds is 7. The zero-order chi connectivity index (χ0) is 19.4. The molecule has 2 aliphatic rings. The van der Waals surface area contributed by atoms with E-state index in [1.54, 1.807) is 16.9 Å². The molecule has 7 heteroatoms. The van der Waals surface area contributed by atoms with Crippen LogP contribution in [0.2, 0.25) is 0 Å². The van der Waals surface area contributed by atoms with E-state index < -0.39 is 0 Å². The van der Waals surface area contributed by atoms with Crippen molar-refractivity contribution >= 4 is 17.6 Å². The molecule has 1 saturated carbocycles. The minimum Gasteiger partial charge on any atom is -0.385 e. The van der Waals surface area contributed by atoms with Crippen LogP contribution in [-0.2, 0) is 27.3 Å². The Hall–Kier alpha value is -2.02. The van der Waals surface area contributed by atoms with Crippen LogP contribution in [0.5, 0.6) is 0 Å². The summed E-state index contributed by atoms with van der Waals surface area (Å²) in [6.07, 6.45) is 6.17. The highest BCUT2D eigenvalue weighted by Gasteiger charge is 2.29. The number of ether oxygens (including phenoxy) is 1. The Morgan fingerprint density at radius 2 is 2.00 bits per heavy atom. The zero-order valence-corrected chi connectivity index (χ0v) is 16.7. The molecule has 1 fully saturated rings. The molecule has 148 valence electrons. The molecule has 2 amide bonds. The van der Waals surface area contributed by atoms with Crippen molar-refractivity contribution < 1.29 is 14.3 Å². The molecule has 0 saturated heterocycles. The number of aromatic nitrogens is 2. The van der Waals surface area contributed by atoms with E-state index in [1.165, 1.54) is 0 Å². The minimum atomic E-state index is 0.0954. The molecule has 27 heavy (non-hydrogen) atoms. The molecule has 0 aromatic carbocycles. The fourth-order valence-corrected chi connectivity index (χ4v) is 4.08. The Labute approximate surface area is 161 Å². The molecule has 0 unspecified atom stereocenters. The van der Waals surface area contributed by atoms with Crippen LogP contribution in [0.1, 0.15) is 55.6 Å². The summed E-state index contributed by atoms with van der Waals surface area (Å²) in [5, 5.41) is 0. The van der Waals surface area contributed by atoms with E-state index in [0.717, 1.165) is 43.4 Å². The number of amides is 2. The summed E-state index contributed by atoms with van der Waals surface area (Å²) in [7, 11) is 3.48. The van der Waals surface area contributed by atoms with Gasteiger partial charge in [-0.15, -0.1) is 0 Å². The van der Waals surface area contributed by atoms with Gasteiger partial charge in [0.1, 0.15) is 11.6 Å². The van der Waals surface area contributed by atoms with E-state index in [-0.39, 0.29) is 17.7 Å². The number of carbonyl (C=O) groups is 2. The maximum atomic E-state index is 12.6. The van der Waals surface area contributed by atoms with Crippen molar-refractivity contribution in [1.82, 2.24) is 14.9 Å². The van der Waals surface area contributed by atoms with Gasteiger partial charge in [-0.25, -0.2) is 9.97 Å². The molecule has 0 N–H and O–H groups in total. The first-order valence-electron chi connectivity index (χ1n) is 9.92. The van der Waals surface area contributed by atoms with E-state index in [2.05, 4.69) is 4.98 Å². The average molecular weight is 374 g/mol. The largest absolute Gasteiger partial charge is 0.385 e. The van der Waals surface area contributed by atoms with Gasteiger partial charge in [-0.05, 0) is 32.6 Å². The molecule has 1 aromatic heterocycles. The van der Waals surface area contributed by atoms with Crippen molar-refractivity contribution in [2.45, 2.75) is 58.4 Å². The third-order valence-electron chi connectivity index (χ3n) is 5.57. The molecular weight excluding hydrogens is 344 g/mol. The number of methoxy groups -OCH3 is 1. The van der Waals surface area contributed by atoms with E-state index >= 15 is 0 Å². The predicted octanol–water partition coefficient (Wildman–Crippen LogP) is 2.25. The first-order valence-corrected chi connectivity index (χ1v) is 9.92. The fraction of sp³-hybridized carbons (Fsp3) is 0.700. The minimum absolute atomic E-state index is 0.0954. The van der Waals surface area contributed by atoms with Crippen molar-refractivity contribution in [1.29, 1.82) is 0 Å². The second-order valence-electron chi connectivity index (χ2n) is 7.59. The van der Waals surface area contributed by atoms with Gasteiger partial charge in [-0.3, -0.25) is 14.5 Å². The van der Waals surface area contributed by atoms with Crippen molar-refractivity contribution in [2.24, 2.45) is 5.92 Å². The van der Waals surface area contributed by atoms with Crippen LogP contribution in [0.25, 0.3) is 0 Å². The maximum Gasteiger partial charge on any atom is 0.228 e. The Bertz CT molecular complexity index is 701. The van der Waals surface area contributed by atoms with Crippen molar-refractivity contribution in [3.8, 4) is 0 Å². The Kier molecular flexibility index (Phi) is 6.42. The summed E-state index contributed by atoms with van der Waals surface area (Å²) < 4.78 is 5.12. The zero-order valence-electron chi connectivity index (χ0n) is 16.7. The molecule has 1 aliphatic heterocycles. The van der Waals surface area contributed by atoms with Crippen molar-refractivity contribution in [2.75, 3.05) is 32.2 Å². The Balaban J connectivity index is 1.78. The van der Waals surface area contributed by atoms with Crippen molar-refractivity contribution in [3.05, 3.63) is 17.1 Å². The van der Waals surface area contributed by atoms with Crippen LogP contribution in [0, 0.1) is 12.8 Å². The normalized spacial score (nSPS) is 17.3. The Morgan fingerprint density at radius 3 is 2.70 bits per heavy atom. The van der Waals surface area contributed by atoms with Gasteiger partial charge in [0.05, 0.1) is 6.54 Å². The van der Waals surface area contributed by atoms with Crippen LogP contribution in [0.3, 0.4) is 0 Å². The third kappa shape index (κ3) is 4.46. The first kappa shape index (κ1) is 19.7. The smallest absolute Gasteiger partial charge is 0.228 e. The molecule has 7 nitrogen and oxygen atoms in total. The monoisotopic (exact) mass is 374 g/mol. The number of hydrogen-bond donors (Lipinski definition) is 0. The highest BCUT2D eigenvalue weighted by atomic mass is 16.5. The molecule has 3 rings (SSSR count). The molecule has 0 bridgehead atoms. The van der Waals surface area contributed by atoms with Gasteiger partial charge >= 0.3 is 0 Å². The number of nitrogens with zero attached hydrogens (tertiary/aromatic N) is 4. The van der Waals surface area contributed by atoms with E-state index in [0.29, 0.717) is 44.2 Å². The molecule has 0 atom stereocenters. The van der Waals surface area contributed by atoms with E-state index in [1.807, 2.05) is 14.0 Å². The first-order chi connectivity index (χ1) is 13.0. The summed E-state index contributed by atoms with van der Waals surface area (Å²) >= 11 is 0.